The molecule has 1 aliphatic heterocycles. The second kappa shape index (κ2) is 6.51. The fraction of sp³-hybridized carbons (Fsp3) is 0.471. The molecule has 0 fully saturated rings. The number of hydrogen-bond donors (Lipinski definition) is 1. The second-order valence-electron chi connectivity index (χ2n) is 6.66. The summed E-state index contributed by atoms with van der Waals surface area (Å²) in [5.41, 5.74) is 1.13. The Labute approximate surface area is 140 Å². The van der Waals surface area contributed by atoms with Crippen molar-refractivity contribution in [3.8, 4) is 5.75 Å². The van der Waals surface area contributed by atoms with Crippen molar-refractivity contribution in [2.45, 2.75) is 39.7 Å². The van der Waals surface area contributed by atoms with Gasteiger partial charge in [0.05, 0.1) is 4.92 Å². The maximum absolute atomic E-state index is 12.1. The van der Waals surface area contributed by atoms with Gasteiger partial charge in [0.15, 0.2) is 5.75 Å². The summed E-state index contributed by atoms with van der Waals surface area (Å²) < 4.78 is 5.35. The van der Waals surface area contributed by atoms with Crippen LogP contribution in [0.3, 0.4) is 0 Å². The molecule has 24 heavy (non-hydrogen) atoms. The standard InChI is InChI=1S/C17H22N2O5/c1-5-12-13(6-7-14(20)15(12)19(22)23)11-8-9-18(10-11)16(21)24-17(2,3)4/h6-8,20H,5,9-10H2,1-4H3. The molecule has 0 saturated heterocycles. The predicted octanol–water partition coefficient (Wildman–Crippen LogP) is 3.50. The van der Waals surface area contributed by atoms with Crippen LogP contribution in [0.5, 0.6) is 5.75 Å². The number of nitrogens with zero attached hydrogens (tertiary/aromatic N) is 2. The maximum Gasteiger partial charge on any atom is 0.410 e. The third kappa shape index (κ3) is 3.67. The highest BCUT2D eigenvalue weighted by molar-refractivity contribution is 5.80. The molecule has 0 saturated carbocycles. The van der Waals surface area contributed by atoms with Crippen molar-refractivity contribution in [1.29, 1.82) is 0 Å². The number of aromatic hydroxyl groups is 1. The largest absolute Gasteiger partial charge is 0.502 e. The lowest BCUT2D eigenvalue weighted by Crippen LogP contribution is -2.35. The number of phenolic OH excluding ortho intramolecular Hbond substituents is 1. The van der Waals surface area contributed by atoms with Crippen LogP contribution in [0.25, 0.3) is 5.57 Å². The Morgan fingerprint density at radius 2 is 2.08 bits per heavy atom. The minimum atomic E-state index is -0.578. The van der Waals surface area contributed by atoms with Gasteiger partial charge in [-0.2, -0.15) is 0 Å². The molecule has 0 radical (unpaired) electrons. The molecule has 0 aromatic heterocycles. The summed E-state index contributed by atoms with van der Waals surface area (Å²) in [4.78, 5) is 24.4. The minimum absolute atomic E-state index is 0.272. The molecule has 0 aliphatic carbocycles. The molecule has 1 amide bonds. The van der Waals surface area contributed by atoms with Crippen molar-refractivity contribution in [2.75, 3.05) is 13.1 Å². The van der Waals surface area contributed by atoms with Crippen LogP contribution in [-0.4, -0.2) is 39.7 Å². The van der Waals surface area contributed by atoms with Crippen LogP contribution >= 0.6 is 0 Å². The van der Waals surface area contributed by atoms with Crippen LogP contribution in [0.4, 0.5) is 10.5 Å². The van der Waals surface area contributed by atoms with Crippen molar-refractivity contribution in [1.82, 2.24) is 4.90 Å². The molecule has 0 spiro atoms. The number of carbonyl (C=O) groups is 1. The fourth-order valence-corrected chi connectivity index (χ4v) is 2.70. The van der Waals surface area contributed by atoms with Crippen LogP contribution < -0.4 is 0 Å². The Kier molecular flexibility index (Phi) is 4.82. The van der Waals surface area contributed by atoms with Gasteiger partial charge in [-0.3, -0.25) is 10.1 Å². The van der Waals surface area contributed by atoms with E-state index in [9.17, 15) is 20.0 Å². The minimum Gasteiger partial charge on any atom is -0.502 e. The predicted molar refractivity (Wildman–Crippen MR) is 89.9 cm³/mol. The quantitative estimate of drug-likeness (QED) is 0.674. The molecule has 2 rings (SSSR count). The second-order valence-corrected chi connectivity index (χ2v) is 6.66. The Bertz CT molecular complexity index is 704. The Balaban J connectivity index is 2.27. The van der Waals surface area contributed by atoms with Crippen molar-refractivity contribution < 1.29 is 19.6 Å². The highest BCUT2D eigenvalue weighted by Gasteiger charge is 2.29. The number of nitro groups is 1. The first kappa shape index (κ1) is 17.8. The van der Waals surface area contributed by atoms with E-state index in [-0.39, 0.29) is 11.4 Å². The molecule has 7 nitrogen and oxygen atoms in total. The summed E-state index contributed by atoms with van der Waals surface area (Å²) in [6, 6.07) is 2.98. The number of benzene rings is 1. The summed E-state index contributed by atoms with van der Waals surface area (Å²) in [6.45, 7) is 7.91. The summed E-state index contributed by atoms with van der Waals surface area (Å²) in [5.74, 6) is -0.344. The smallest absolute Gasteiger partial charge is 0.410 e. The van der Waals surface area contributed by atoms with Crippen molar-refractivity contribution in [3.63, 3.8) is 0 Å². The SMILES string of the molecule is CCc1c(C2=CCN(C(=O)OC(C)(C)C)C2)ccc(O)c1[N+](=O)[O-]. The molecule has 1 aliphatic rings. The lowest BCUT2D eigenvalue weighted by molar-refractivity contribution is -0.386. The highest BCUT2D eigenvalue weighted by Crippen LogP contribution is 2.37. The number of hydrogen-bond acceptors (Lipinski definition) is 5. The van der Waals surface area contributed by atoms with Crippen LogP contribution in [0.1, 0.15) is 38.8 Å². The summed E-state index contributed by atoms with van der Waals surface area (Å²) in [6.07, 6.45) is 1.85. The average Bonchev–Trinajstić information content (AvgIpc) is 2.94. The van der Waals surface area contributed by atoms with Gasteiger partial charge in [-0.05, 0) is 44.4 Å². The monoisotopic (exact) mass is 334 g/mol. The van der Waals surface area contributed by atoms with E-state index in [1.807, 2.05) is 6.08 Å². The van der Waals surface area contributed by atoms with Gasteiger partial charge < -0.3 is 14.7 Å². The zero-order valence-electron chi connectivity index (χ0n) is 14.3. The van der Waals surface area contributed by atoms with Crippen LogP contribution in [0.2, 0.25) is 0 Å². The highest BCUT2D eigenvalue weighted by atomic mass is 16.6. The van der Waals surface area contributed by atoms with Gasteiger partial charge >= 0.3 is 11.8 Å². The molecule has 0 bridgehead atoms. The Morgan fingerprint density at radius 1 is 1.42 bits per heavy atom. The molecule has 1 heterocycles. The number of phenols is 1. The van der Waals surface area contributed by atoms with Crippen molar-refractivity contribution in [2.24, 2.45) is 0 Å². The fourth-order valence-electron chi connectivity index (χ4n) is 2.70. The van der Waals surface area contributed by atoms with E-state index in [0.717, 1.165) is 5.57 Å². The van der Waals surface area contributed by atoms with E-state index < -0.39 is 16.6 Å². The van der Waals surface area contributed by atoms with Gasteiger partial charge in [0.1, 0.15) is 5.60 Å². The van der Waals surface area contributed by atoms with E-state index in [1.54, 1.807) is 38.7 Å². The molecule has 1 aromatic rings. The Morgan fingerprint density at radius 3 is 2.62 bits per heavy atom. The summed E-state index contributed by atoms with van der Waals surface area (Å²) >= 11 is 0. The van der Waals surface area contributed by atoms with Gasteiger partial charge in [0.25, 0.3) is 0 Å². The third-order valence-corrected chi connectivity index (χ3v) is 3.71. The van der Waals surface area contributed by atoms with Gasteiger partial charge in [-0.15, -0.1) is 0 Å². The van der Waals surface area contributed by atoms with Gasteiger partial charge in [0, 0.05) is 18.7 Å². The third-order valence-electron chi connectivity index (χ3n) is 3.71. The van der Waals surface area contributed by atoms with E-state index in [2.05, 4.69) is 0 Å². The molecule has 7 heteroatoms. The van der Waals surface area contributed by atoms with Gasteiger partial charge in [-0.1, -0.05) is 19.1 Å². The first-order valence-electron chi connectivity index (χ1n) is 7.80. The summed E-state index contributed by atoms with van der Waals surface area (Å²) in [7, 11) is 0. The normalized spacial score (nSPS) is 14.5. The molecular weight excluding hydrogens is 312 g/mol. The topological polar surface area (TPSA) is 92.9 Å². The van der Waals surface area contributed by atoms with E-state index in [4.69, 9.17) is 4.74 Å². The zero-order valence-corrected chi connectivity index (χ0v) is 14.3. The molecular formula is C17H22N2O5. The number of ether oxygens (including phenoxy) is 1. The maximum atomic E-state index is 12.1. The molecule has 1 N–H and O–H groups in total. The lowest BCUT2D eigenvalue weighted by atomic mass is 9.96. The van der Waals surface area contributed by atoms with Crippen LogP contribution in [-0.2, 0) is 11.2 Å². The molecule has 1 aromatic carbocycles. The molecule has 0 atom stereocenters. The molecule has 130 valence electrons. The van der Waals surface area contributed by atoms with Crippen LogP contribution in [0, 0.1) is 10.1 Å². The van der Waals surface area contributed by atoms with Gasteiger partial charge in [0.2, 0.25) is 0 Å². The number of nitro benzene ring substituents is 1. The Hall–Kier alpha value is -2.57. The van der Waals surface area contributed by atoms with Gasteiger partial charge in [-0.25, -0.2) is 4.79 Å². The number of rotatable bonds is 3. The summed E-state index contributed by atoms with van der Waals surface area (Å²) in [5, 5.41) is 21.0. The first-order chi connectivity index (χ1) is 11.1. The van der Waals surface area contributed by atoms with E-state index in [1.165, 1.54) is 6.07 Å². The number of amides is 1. The van der Waals surface area contributed by atoms with Crippen molar-refractivity contribution in [3.05, 3.63) is 39.4 Å². The first-order valence-corrected chi connectivity index (χ1v) is 7.80. The molecule has 0 unspecified atom stereocenters. The van der Waals surface area contributed by atoms with E-state index >= 15 is 0 Å². The lowest BCUT2D eigenvalue weighted by Gasteiger charge is -2.24. The van der Waals surface area contributed by atoms with Crippen LogP contribution in [0.15, 0.2) is 18.2 Å². The number of carbonyl (C=O) groups excluding carboxylic acids is 1. The van der Waals surface area contributed by atoms with E-state index in [0.29, 0.717) is 30.6 Å². The average molecular weight is 334 g/mol. The zero-order chi connectivity index (χ0) is 18.1. The van der Waals surface area contributed by atoms with Crippen molar-refractivity contribution >= 4 is 17.4 Å².